The van der Waals surface area contributed by atoms with Crippen LogP contribution in [0, 0.1) is 11.3 Å². The topological polar surface area (TPSA) is 69.5 Å². The van der Waals surface area contributed by atoms with Gasteiger partial charge in [0.15, 0.2) is 0 Å². The zero-order valence-electron chi connectivity index (χ0n) is 16.7. The molecule has 3 atom stereocenters. The van der Waals surface area contributed by atoms with Crippen molar-refractivity contribution in [3.8, 4) is 6.07 Å². The molecular weight excluding hydrogens is 364 g/mol. The fraction of sp³-hybridized carbons (Fsp3) is 0.435. The fourth-order valence-corrected chi connectivity index (χ4v) is 4.39. The predicted octanol–water partition coefficient (Wildman–Crippen LogP) is 3.30. The van der Waals surface area contributed by atoms with Crippen molar-refractivity contribution in [1.82, 2.24) is 9.88 Å². The molecule has 4 rings (SSSR count). The first-order valence-electron chi connectivity index (χ1n) is 10.2. The lowest BCUT2D eigenvalue weighted by molar-refractivity contribution is -0.133. The van der Waals surface area contributed by atoms with Crippen LogP contribution in [0.4, 0.5) is 5.82 Å². The van der Waals surface area contributed by atoms with Gasteiger partial charge in [-0.15, -0.1) is 0 Å². The summed E-state index contributed by atoms with van der Waals surface area (Å²) in [6.45, 7) is 3.90. The first-order chi connectivity index (χ1) is 14.2. The highest BCUT2D eigenvalue weighted by atomic mass is 16.5. The van der Waals surface area contributed by atoms with Crippen LogP contribution in [0.3, 0.4) is 0 Å². The largest absolute Gasteiger partial charge is 0.373 e. The van der Waals surface area contributed by atoms with Crippen molar-refractivity contribution in [3.63, 3.8) is 0 Å². The van der Waals surface area contributed by atoms with Gasteiger partial charge in [-0.25, -0.2) is 4.98 Å². The van der Waals surface area contributed by atoms with Gasteiger partial charge in [0.05, 0.1) is 24.7 Å². The van der Waals surface area contributed by atoms with Crippen LogP contribution in [0.15, 0.2) is 48.7 Å². The normalized spacial score (nSPS) is 21.7. The quantitative estimate of drug-likeness (QED) is 0.757. The van der Waals surface area contributed by atoms with Gasteiger partial charge in [-0.05, 0) is 37.5 Å². The molecule has 1 aromatic heterocycles. The first kappa shape index (κ1) is 19.4. The van der Waals surface area contributed by atoms with Gasteiger partial charge in [-0.1, -0.05) is 30.3 Å². The van der Waals surface area contributed by atoms with Crippen LogP contribution in [-0.4, -0.2) is 47.6 Å². The summed E-state index contributed by atoms with van der Waals surface area (Å²) in [5.74, 6) is 1.07. The van der Waals surface area contributed by atoms with E-state index in [-0.39, 0.29) is 12.0 Å². The van der Waals surface area contributed by atoms with Crippen LogP contribution >= 0.6 is 0 Å². The Balaban J connectivity index is 1.30. The SMILES string of the molecule is C[C@H](OCCC(=O)N1CC2CC[C@@H](C1)N2c1ccc(C#N)cn1)c1ccccc1. The number of hydrogen-bond donors (Lipinski definition) is 0. The zero-order valence-corrected chi connectivity index (χ0v) is 16.7. The molecule has 2 aliphatic heterocycles. The van der Waals surface area contributed by atoms with Gasteiger partial charge in [0, 0.05) is 31.4 Å². The second-order valence-electron chi connectivity index (χ2n) is 7.78. The van der Waals surface area contributed by atoms with E-state index in [9.17, 15) is 4.79 Å². The summed E-state index contributed by atoms with van der Waals surface area (Å²) >= 11 is 0. The second-order valence-corrected chi connectivity index (χ2v) is 7.78. The molecular formula is C23H26N4O2. The van der Waals surface area contributed by atoms with Crippen molar-refractivity contribution >= 4 is 11.7 Å². The number of fused-ring (bicyclic) bond motifs is 2. The summed E-state index contributed by atoms with van der Waals surface area (Å²) in [7, 11) is 0. The van der Waals surface area contributed by atoms with Crippen LogP contribution < -0.4 is 4.90 Å². The van der Waals surface area contributed by atoms with Crippen molar-refractivity contribution < 1.29 is 9.53 Å². The predicted molar refractivity (Wildman–Crippen MR) is 110 cm³/mol. The van der Waals surface area contributed by atoms with E-state index in [1.165, 1.54) is 0 Å². The third kappa shape index (κ3) is 4.25. The molecule has 0 aliphatic carbocycles. The number of amides is 1. The monoisotopic (exact) mass is 390 g/mol. The Bertz CT molecular complexity index is 864. The van der Waals surface area contributed by atoms with E-state index in [0.717, 1.165) is 37.3 Å². The van der Waals surface area contributed by atoms with Gasteiger partial charge < -0.3 is 14.5 Å². The van der Waals surface area contributed by atoms with Crippen LogP contribution in [0.1, 0.15) is 43.4 Å². The smallest absolute Gasteiger partial charge is 0.225 e. The highest BCUT2D eigenvalue weighted by Gasteiger charge is 2.41. The third-order valence-electron chi connectivity index (χ3n) is 5.93. The number of hydrogen-bond acceptors (Lipinski definition) is 5. The summed E-state index contributed by atoms with van der Waals surface area (Å²) in [5, 5.41) is 8.96. The Morgan fingerprint density at radius 1 is 1.21 bits per heavy atom. The van der Waals surface area contributed by atoms with Gasteiger partial charge >= 0.3 is 0 Å². The lowest BCUT2D eigenvalue weighted by Crippen LogP contribution is -2.55. The van der Waals surface area contributed by atoms with Crippen LogP contribution in [-0.2, 0) is 9.53 Å². The molecule has 1 aromatic carbocycles. The van der Waals surface area contributed by atoms with Crippen molar-refractivity contribution in [2.24, 2.45) is 0 Å². The van der Waals surface area contributed by atoms with Gasteiger partial charge in [-0.2, -0.15) is 5.26 Å². The Hall–Kier alpha value is -2.91. The zero-order chi connectivity index (χ0) is 20.2. The molecule has 29 heavy (non-hydrogen) atoms. The van der Waals surface area contributed by atoms with Crippen molar-refractivity contribution in [2.75, 3.05) is 24.6 Å². The van der Waals surface area contributed by atoms with E-state index >= 15 is 0 Å². The van der Waals surface area contributed by atoms with Crippen molar-refractivity contribution in [2.45, 2.75) is 44.4 Å². The molecule has 2 saturated heterocycles. The number of aromatic nitrogens is 1. The van der Waals surface area contributed by atoms with Crippen LogP contribution in [0.2, 0.25) is 0 Å². The molecule has 6 nitrogen and oxygen atoms in total. The second kappa shape index (κ2) is 8.62. The van der Waals surface area contributed by atoms with E-state index in [1.54, 1.807) is 6.20 Å². The summed E-state index contributed by atoms with van der Waals surface area (Å²) in [6.07, 6.45) is 4.15. The molecule has 2 aliphatic rings. The standard InChI is InChI=1S/C23H26N4O2/c1-17(19-5-3-2-4-6-19)29-12-11-23(28)26-15-20-8-9-21(16-26)27(20)22-10-7-18(13-24)14-25-22/h2-7,10,14,17,20-21H,8-9,11-12,15-16H2,1H3/t17-,20-,21?/m0/s1. The molecule has 3 heterocycles. The minimum atomic E-state index is -0.0144. The molecule has 1 amide bonds. The van der Waals surface area contributed by atoms with E-state index in [4.69, 9.17) is 10.00 Å². The number of nitrogens with zero attached hydrogens (tertiary/aromatic N) is 4. The molecule has 2 bridgehead atoms. The Morgan fingerprint density at radius 2 is 1.93 bits per heavy atom. The summed E-state index contributed by atoms with van der Waals surface area (Å²) in [4.78, 5) is 21.5. The molecule has 2 aromatic rings. The number of pyridine rings is 1. The maximum Gasteiger partial charge on any atom is 0.225 e. The van der Waals surface area contributed by atoms with E-state index in [2.05, 4.69) is 16.0 Å². The van der Waals surface area contributed by atoms with Crippen molar-refractivity contribution in [3.05, 3.63) is 59.8 Å². The molecule has 0 spiro atoms. The highest BCUT2D eigenvalue weighted by Crippen LogP contribution is 2.34. The average Bonchev–Trinajstić information content (AvgIpc) is 3.03. The van der Waals surface area contributed by atoms with Crippen LogP contribution in [0.5, 0.6) is 0 Å². The third-order valence-corrected chi connectivity index (χ3v) is 5.93. The first-order valence-corrected chi connectivity index (χ1v) is 10.2. The Labute approximate surface area is 171 Å². The number of piperazine rings is 1. The molecule has 2 fully saturated rings. The number of carbonyl (C=O) groups is 1. The average molecular weight is 390 g/mol. The van der Waals surface area contributed by atoms with Gasteiger partial charge in [-0.3, -0.25) is 4.79 Å². The molecule has 1 unspecified atom stereocenters. The van der Waals surface area contributed by atoms with Gasteiger partial charge in [0.2, 0.25) is 5.91 Å². The van der Waals surface area contributed by atoms with Gasteiger partial charge in [0.25, 0.3) is 0 Å². The number of carbonyl (C=O) groups excluding carboxylic acids is 1. The molecule has 0 saturated carbocycles. The number of likely N-dealkylation sites (tertiary alicyclic amines) is 1. The highest BCUT2D eigenvalue weighted by molar-refractivity contribution is 5.77. The summed E-state index contributed by atoms with van der Waals surface area (Å²) < 4.78 is 5.88. The number of anilines is 1. The maximum atomic E-state index is 12.7. The Morgan fingerprint density at radius 3 is 2.55 bits per heavy atom. The summed E-state index contributed by atoms with van der Waals surface area (Å²) in [6, 6.07) is 16.5. The number of nitriles is 1. The number of ether oxygens (including phenoxy) is 1. The molecule has 0 radical (unpaired) electrons. The lowest BCUT2D eigenvalue weighted by atomic mass is 10.1. The lowest BCUT2D eigenvalue weighted by Gasteiger charge is -2.41. The fourth-order valence-electron chi connectivity index (χ4n) is 4.39. The number of benzene rings is 1. The van der Waals surface area contributed by atoms with Crippen LogP contribution in [0.25, 0.3) is 0 Å². The minimum absolute atomic E-state index is 0.0144. The number of rotatable bonds is 6. The minimum Gasteiger partial charge on any atom is -0.373 e. The molecule has 6 heteroatoms. The van der Waals surface area contributed by atoms with Crippen molar-refractivity contribution in [1.29, 1.82) is 5.26 Å². The van der Waals surface area contributed by atoms with E-state index in [1.807, 2.05) is 54.3 Å². The molecule has 150 valence electrons. The summed E-state index contributed by atoms with van der Waals surface area (Å²) in [5.41, 5.74) is 1.70. The van der Waals surface area contributed by atoms with E-state index in [0.29, 0.717) is 30.7 Å². The van der Waals surface area contributed by atoms with Gasteiger partial charge in [0.1, 0.15) is 11.9 Å². The van der Waals surface area contributed by atoms with E-state index < -0.39 is 0 Å². The Kier molecular flexibility index (Phi) is 5.77. The maximum absolute atomic E-state index is 12.7. The molecule has 0 N–H and O–H groups in total.